The van der Waals surface area contributed by atoms with E-state index in [1.807, 2.05) is 24.3 Å². The van der Waals surface area contributed by atoms with Crippen molar-refractivity contribution in [3.63, 3.8) is 0 Å². The van der Waals surface area contributed by atoms with Crippen LogP contribution in [0, 0.1) is 29.1 Å². The number of fused-ring (bicyclic) bond motifs is 2. The van der Waals surface area contributed by atoms with Gasteiger partial charge in [-0.25, -0.2) is 4.79 Å². The number of hydrogen-bond donors (Lipinski definition) is 1. The van der Waals surface area contributed by atoms with Crippen molar-refractivity contribution in [2.24, 2.45) is 23.5 Å². The fourth-order valence-corrected chi connectivity index (χ4v) is 3.95. The number of carbonyl (C=O) groups is 1. The Labute approximate surface area is 140 Å². The van der Waals surface area contributed by atoms with Gasteiger partial charge in [-0.3, -0.25) is 0 Å². The number of nitrogens with two attached hydrogens (primary N) is 1. The van der Waals surface area contributed by atoms with Crippen LogP contribution in [-0.4, -0.2) is 12.1 Å². The number of esters is 1. The Morgan fingerprint density at radius 3 is 2.83 bits per heavy atom. The Hall–Kier alpha value is -2.74. The lowest BCUT2D eigenvalue weighted by Gasteiger charge is -2.39. The molecule has 122 valence electrons. The van der Waals surface area contributed by atoms with Crippen molar-refractivity contribution in [2.45, 2.75) is 25.4 Å². The number of ether oxygens (including phenoxy) is 2. The van der Waals surface area contributed by atoms with Crippen LogP contribution in [0.3, 0.4) is 0 Å². The van der Waals surface area contributed by atoms with Crippen LogP contribution in [0.25, 0.3) is 0 Å². The summed E-state index contributed by atoms with van der Waals surface area (Å²) >= 11 is 0. The molecule has 24 heavy (non-hydrogen) atoms. The first-order valence-electron chi connectivity index (χ1n) is 8.25. The molecular weight excluding hydrogens is 304 g/mol. The molecule has 2 heterocycles. The second kappa shape index (κ2) is 5.72. The maximum absolute atomic E-state index is 12.7. The summed E-state index contributed by atoms with van der Waals surface area (Å²) in [5.74, 6) is -0.267. The fraction of sp³-hybridized carbons (Fsp3) is 0.368. The highest BCUT2D eigenvalue weighted by molar-refractivity contribution is 5.92. The van der Waals surface area contributed by atoms with Crippen molar-refractivity contribution >= 4 is 5.97 Å². The molecule has 0 spiro atoms. The highest BCUT2D eigenvalue weighted by atomic mass is 16.6. The second-order valence-corrected chi connectivity index (χ2v) is 6.44. The third kappa shape index (κ3) is 2.18. The normalized spacial score (nSPS) is 34.2. The van der Waals surface area contributed by atoms with Gasteiger partial charge in [-0.2, -0.15) is 5.26 Å². The van der Waals surface area contributed by atoms with E-state index in [1.54, 1.807) is 0 Å². The minimum atomic E-state index is -0.407. The van der Waals surface area contributed by atoms with E-state index in [1.165, 1.54) is 0 Å². The predicted octanol–water partition coefficient (Wildman–Crippen LogP) is 2.60. The van der Waals surface area contributed by atoms with Gasteiger partial charge in [-0.15, -0.1) is 0 Å². The molecule has 0 bridgehead atoms. The van der Waals surface area contributed by atoms with Crippen LogP contribution in [0.1, 0.15) is 19.3 Å². The number of nitriles is 1. The second-order valence-electron chi connectivity index (χ2n) is 6.44. The smallest absolute Gasteiger partial charge is 0.338 e. The van der Waals surface area contributed by atoms with Crippen molar-refractivity contribution in [1.29, 1.82) is 5.26 Å². The van der Waals surface area contributed by atoms with Crippen LogP contribution < -0.4 is 5.73 Å². The molecule has 2 N–H and O–H groups in total. The highest BCUT2D eigenvalue weighted by Crippen LogP contribution is 2.46. The molecule has 0 amide bonds. The number of carbonyl (C=O) groups excluding carboxylic acids is 1. The third-order valence-corrected chi connectivity index (χ3v) is 5.06. The van der Waals surface area contributed by atoms with Crippen LogP contribution in [0.15, 0.2) is 59.2 Å². The summed E-state index contributed by atoms with van der Waals surface area (Å²) < 4.78 is 11.4. The molecule has 5 nitrogen and oxygen atoms in total. The minimum Gasteiger partial charge on any atom is -0.454 e. The van der Waals surface area contributed by atoms with Crippen molar-refractivity contribution in [3.05, 3.63) is 59.2 Å². The van der Waals surface area contributed by atoms with E-state index in [2.05, 4.69) is 18.2 Å². The SMILES string of the molecule is N#CC1=C(N)OC2=C(C(=O)O[C@@H]3C=CC=C[C@H]23)[C@@H]1[C@@H]1C=CCCC1. The van der Waals surface area contributed by atoms with Crippen molar-refractivity contribution in [1.82, 2.24) is 0 Å². The van der Waals surface area contributed by atoms with E-state index < -0.39 is 5.97 Å². The standard InChI is InChI=1S/C19H18N2O3/c20-10-13-15(11-6-2-1-3-7-11)16-17(24-18(13)21)12-8-4-5-9-14(12)23-19(16)22/h2,4-6,8-9,11-12,14-15H,1,3,7,21H2/t11-,12+,14-,15-/m1/s1. The van der Waals surface area contributed by atoms with Crippen molar-refractivity contribution in [3.8, 4) is 6.07 Å². The molecule has 2 aliphatic carbocycles. The monoisotopic (exact) mass is 322 g/mol. The average molecular weight is 322 g/mol. The van der Waals surface area contributed by atoms with E-state index in [0.29, 0.717) is 16.9 Å². The van der Waals surface area contributed by atoms with Gasteiger partial charge in [-0.05, 0) is 31.3 Å². The molecule has 0 saturated heterocycles. The quantitative estimate of drug-likeness (QED) is 0.592. The lowest BCUT2D eigenvalue weighted by molar-refractivity contribution is -0.147. The summed E-state index contributed by atoms with van der Waals surface area (Å²) in [5.41, 5.74) is 6.83. The molecule has 0 radical (unpaired) electrons. The molecule has 0 aromatic heterocycles. The molecule has 0 fully saturated rings. The van der Waals surface area contributed by atoms with Gasteiger partial charge >= 0.3 is 5.97 Å². The van der Waals surface area contributed by atoms with Crippen molar-refractivity contribution in [2.75, 3.05) is 0 Å². The Bertz CT molecular complexity index is 779. The van der Waals surface area contributed by atoms with Crippen LogP contribution >= 0.6 is 0 Å². The zero-order valence-electron chi connectivity index (χ0n) is 13.1. The molecule has 4 atom stereocenters. The van der Waals surface area contributed by atoms with Crippen LogP contribution in [0.4, 0.5) is 0 Å². The van der Waals surface area contributed by atoms with E-state index in [0.717, 1.165) is 19.3 Å². The van der Waals surface area contributed by atoms with Gasteiger partial charge in [0.25, 0.3) is 0 Å². The van der Waals surface area contributed by atoms with Gasteiger partial charge in [0.15, 0.2) is 0 Å². The highest BCUT2D eigenvalue weighted by Gasteiger charge is 2.47. The van der Waals surface area contributed by atoms with Crippen LogP contribution in [0.2, 0.25) is 0 Å². The molecule has 4 aliphatic rings. The molecule has 2 aliphatic heterocycles. The lowest BCUT2D eigenvalue weighted by Crippen LogP contribution is -2.41. The Balaban J connectivity index is 1.84. The van der Waals surface area contributed by atoms with Gasteiger partial charge < -0.3 is 15.2 Å². The maximum atomic E-state index is 12.7. The van der Waals surface area contributed by atoms with E-state index in [4.69, 9.17) is 15.2 Å². The molecule has 0 aromatic carbocycles. The van der Waals surface area contributed by atoms with E-state index >= 15 is 0 Å². The fourth-order valence-electron chi connectivity index (χ4n) is 3.95. The number of nitrogens with zero attached hydrogens (tertiary/aromatic N) is 1. The van der Waals surface area contributed by atoms with Gasteiger partial charge in [0.1, 0.15) is 17.9 Å². The first kappa shape index (κ1) is 14.8. The summed E-state index contributed by atoms with van der Waals surface area (Å²) in [6.45, 7) is 0. The van der Waals surface area contributed by atoms with Gasteiger partial charge in [0, 0.05) is 5.92 Å². The zero-order chi connectivity index (χ0) is 16.7. The summed E-state index contributed by atoms with van der Waals surface area (Å²) in [5, 5.41) is 9.58. The molecule has 5 heteroatoms. The van der Waals surface area contributed by atoms with Crippen LogP contribution in [0.5, 0.6) is 0 Å². The molecule has 0 saturated carbocycles. The van der Waals surface area contributed by atoms with E-state index in [-0.39, 0.29) is 29.7 Å². The average Bonchev–Trinajstić information content (AvgIpc) is 2.61. The first-order valence-corrected chi connectivity index (χ1v) is 8.25. The maximum Gasteiger partial charge on any atom is 0.338 e. The summed E-state index contributed by atoms with van der Waals surface area (Å²) in [4.78, 5) is 12.7. The summed E-state index contributed by atoms with van der Waals surface area (Å²) in [6.07, 6.45) is 14.3. The minimum absolute atomic E-state index is 0.0630. The number of rotatable bonds is 1. The Morgan fingerprint density at radius 1 is 1.25 bits per heavy atom. The number of hydrogen-bond acceptors (Lipinski definition) is 5. The molecule has 4 rings (SSSR count). The Morgan fingerprint density at radius 2 is 2.08 bits per heavy atom. The van der Waals surface area contributed by atoms with Gasteiger partial charge in [0.05, 0.1) is 17.1 Å². The van der Waals surface area contributed by atoms with Gasteiger partial charge in [-0.1, -0.05) is 30.4 Å². The van der Waals surface area contributed by atoms with Crippen LogP contribution in [-0.2, 0) is 14.3 Å². The molecule has 0 unspecified atom stereocenters. The molecule has 0 aromatic rings. The zero-order valence-corrected chi connectivity index (χ0v) is 13.1. The largest absolute Gasteiger partial charge is 0.454 e. The van der Waals surface area contributed by atoms with Gasteiger partial charge in [0.2, 0.25) is 5.88 Å². The lowest BCUT2D eigenvalue weighted by atomic mass is 9.72. The predicted molar refractivity (Wildman–Crippen MR) is 86.6 cm³/mol. The van der Waals surface area contributed by atoms with E-state index in [9.17, 15) is 10.1 Å². The molecular formula is C19H18N2O3. The first-order chi connectivity index (χ1) is 11.7. The topological polar surface area (TPSA) is 85.3 Å². The summed E-state index contributed by atoms with van der Waals surface area (Å²) in [6, 6.07) is 2.15. The third-order valence-electron chi connectivity index (χ3n) is 5.06. The Kier molecular flexibility index (Phi) is 3.53. The van der Waals surface area contributed by atoms with Crippen molar-refractivity contribution < 1.29 is 14.3 Å². The number of allylic oxidation sites excluding steroid dienone is 5. The summed E-state index contributed by atoms with van der Waals surface area (Å²) in [7, 11) is 0.